The largest absolute Gasteiger partial charge is 0.355 e. The number of rotatable bonds is 6. The van der Waals surface area contributed by atoms with Crippen LogP contribution in [0.4, 0.5) is 0 Å². The number of likely N-dealkylation sites (tertiary alicyclic amines) is 1. The van der Waals surface area contributed by atoms with Crippen LogP contribution in [-0.4, -0.2) is 42.2 Å². The van der Waals surface area contributed by atoms with E-state index in [-0.39, 0.29) is 17.7 Å². The number of fused-ring (bicyclic) bond motifs is 1. The summed E-state index contributed by atoms with van der Waals surface area (Å²) >= 11 is 7.18. The van der Waals surface area contributed by atoms with Crippen LogP contribution in [0.15, 0.2) is 29.6 Å². The van der Waals surface area contributed by atoms with Gasteiger partial charge >= 0.3 is 0 Å². The molecular formula is C19H23ClN2O2S. The SMILES string of the molecule is C[C@@H]1CN(C(=O)Cc2csc3ccccc23)C[C@H]1CCNC(=O)CCl. The Morgan fingerprint density at radius 1 is 1.32 bits per heavy atom. The second kappa shape index (κ2) is 8.19. The molecule has 0 radical (unpaired) electrons. The zero-order valence-electron chi connectivity index (χ0n) is 14.3. The van der Waals surface area contributed by atoms with Crippen LogP contribution >= 0.6 is 22.9 Å². The molecule has 1 saturated heterocycles. The lowest BCUT2D eigenvalue weighted by molar-refractivity contribution is -0.129. The van der Waals surface area contributed by atoms with Crippen LogP contribution < -0.4 is 5.32 Å². The van der Waals surface area contributed by atoms with Crippen molar-refractivity contribution in [2.45, 2.75) is 19.8 Å². The molecule has 0 unspecified atom stereocenters. The summed E-state index contributed by atoms with van der Waals surface area (Å²) in [4.78, 5) is 25.9. The Hall–Kier alpha value is -1.59. The van der Waals surface area contributed by atoms with Crippen molar-refractivity contribution in [3.63, 3.8) is 0 Å². The number of alkyl halides is 1. The lowest BCUT2D eigenvalue weighted by Crippen LogP contribution is -2.31. The van der Waals surface area contributed by atoms with E-state index in [1.165, 1.54) is 10.1 Å². The van der Waals surface area contributed by atoms with Gasteiger partial charge in [-0.2, -0.15) is 0 Å². The van der Waals surface area contributed by atoms with E-state index in [0.29, 0.717) is 24.8 Å². The highest BCUT2D eigenvalue weighted by molar-refractivity contribution is 7.17. The molecule has 1 aromatic heterocycles. The van der Waals surface area contributed by atoms with Crippen molar-refractivity contribution in [2.24, 2.45) is 11.8 Å². The van der Waals surface area contributed by atoms with E-state index in [4.69, 9.17) is 11.6 Å². The van der Waals surface area contributed by atoms with Crippen LogP contribution in [0.2, 0.25) is 0 Å². The molecule has 1 aliphatic rings. The highest BCUT2D eigenvalue weighted by atomic mass is 35.5. The van der Waals surface area contributed by atoms with Gasteiger partial charge in [0.2, 0.25) is 11.8 Å². The third kappa shape index (κ3) is 4.33. The van der Waals surface area contributed by atoms with Crippen LogP contribution in [0.5, 0.6) is 0 Å². The molecule has 2 atom stereocenters. The summed E-state index contributed by atoms with van der Waals surface area (Å²) in [6, 6.07) is 8.23. The van der Waals surface area contributed by atoms with E-state index in [1.807, 2.05) is 17.0 Å². The molecule has 0 aliphatic carbocycles. The lowest BCUT2D eigenvalue weighted by Gasteiger charge is -2.16. The number of carbonyl (C=O) groups excluding carboxylic acids is 2. The molecule has 2 aromatic rings. The maximum Gasteiger partial charge on any atom is 0.234 e. The van der Waals surface area contributed by atoms with Crippen molar-refractivity contribution in [2.75, 3.05) is 25.5 Å². The van der Waals surface area contributed by atoms with Gasteiger partial charge in [0.05, 0.1) is 6.42 Å². The summed E-state index contributed by atoms with van der Waals surface area (Å²) in [6.07, 6.45) is 1.35. The molecule has 0 bridgehead atoms. The van der Waals surface area contributed by atoms with Crippen molar-refractivity contribution in [3.8, 4) is 0 Å². The molecule has 3 rings (SSSR count). The van der Waals surface area contributed by atoms with Gasteiger partial charge in [0, 0.05) is 24.3 Å². The molecule has 1 N–H and O–H groups in total. The second-order valence-electron chi connectivity index (χ2n) is 6.74. The van der Waals surface area contributed by atoms with Gasteiger partial charge in [-0.15, -0.1) is 22.9 Å². The average molecular weight is 379 g/mol. The fourth-order valence-electron chi connectivity index (χ4n) is 3.50. The van der Waals surface area contributed by atoms with Gasteiger partial charge in [-0.3, -0.25) is 9.59 Å². The number of nitrogens with one attached hydrogen (secondary N) is 1. The monoisotopic (exact) mass is 378 g/mol. The van der Waals surface area contributed by atoms with Crippen LogP contribution in [0.3, 0.4) is 0 Å². The molecule has 134 valence electrons. The van der Waals surface area contributed by atoms with E-state index >= 15 is 0 Å². The molecule has 0 saturated carbocycles. The summed E-state index contributed by atoms with van der Waals surface area (Å²) in [5.41, 5.74) is 1.12. The van der Waals surface area contributed by atoms with Gasteiger partial charge in [0.1, 0.15) is 5.88 Å². The van der Waals surface area contributed by atoms with E-state index in [1.54, 1.807) is 11.3 Å². The second-order valence-corrected chi connectivity index (χ2v) is 7.92. The molecule has 1 aromatic carbocycles. The van der Waals surface area contributed by atoms with Gasteiger partial charge in [-0.05, 0) is 40.7 Å². The average Bonchev–Trinajstić information content (AvgIpc) is 3.19. The van der Waals surface area contributed by atoms with Crippen molar-refractivity contribution in [1.82, 2.24) is 10.2 Å². The van der Waals surface area contributed by atoms with Gasteiger partial charge in [-0.1, -0.05) is 25.1 Å². The van der Waals surface area contributed by atoms with E-state index < -0.39 is 0 Å². The van der Waals surface area contributed by atoms with E-state index in [2.05, 4.69) is 29.8 Å². The highest BCUT2D eigenvalue weighted by Gasteiger charge is 2.32. The number of hydrogen-bond donors (Lipinski definition) is 1. The Morgan fingerprint density at radius 3 is 2.92 bits per heavy atom. The Labute approximate surface area is 157 Å². The molecule has 0 spiro atoms. The summed E-state index contributed by atoms with van der Waals surface area (Å²) < 4.78 is 1.23. The van der Waals surface area contributed by atoms with Gasteiger partial charge in [-0.25, -0.2) is 0 Å². The van der Waals surface area contributed by atoms with Gasteiger partial charge < -0.3 is 10.2 Å². The molecule has 2 heterocycles. The Kier molecular flexibility index (Phi) is 5.97. The Balaban J connectivity index is 1.55. The fourth-order valence-corrected chi connectivity index (χ4v) is 4.56. The first kappa shape index (κ1) is 18.2. The number of carbonyl (C=O) groups is 2. The molecule has 1 fully saturated rings. The van der Waals surface area contributed by atoms with Crippen LogP contribution in [0.1, 0.15) is 18.9 Å². The minimum absolute atomic E-state index is 0.000567. The normalized spacial score (nSPS) is 20.2. The number of amides is 2. The van der Waals surface area contributed by atoms with Gasteiger partial charge in [0.15, 0.2) is 0 Å². The molecule has 6 heteroatoms. The van der Waals surface area contributed by atoms with E-state index in [9.17, 15) is 9.59 Å². The summed E-state index contributed by atoms with van der Waals surface area (Å²) in [5.74, 6) is 0.946. The minimum atomic E-state index is -0.135. The van der Waals surface area contributed by atoms with E-state index in [0.717, 1.165) is 25.1 Å². The summed E-state index contributed by atoms with van der Waals surface area (Å²) in [5, 5.41) is 6.09. The van der Waals surface area contributed by atoms with Gasteiger partial charge in [0.25, 0.3) is 0 Å². The van der Waals surface area contributed by atoms with Crippen molar-refractivity contribution in [1.29, 1.82) is 0 Å². The first-order valence-corrected chi connectivity index (χ1v) is 10.1. The zero-order valence-corrected chi connectivity index (χ0v) is 15.9. The molecule has 2 amide bonds. The summed E-state index contributed by atoms with van der Waals surface area (Å²) in [7, 11) is 0. The number of thiophene rings is 1. The number of hydrogen-bond acceptors (Lipinski definition) is 3. The van der Waals surface area contributed by atoms with Crippen molar-refractivity contribution < 1.29 is 9.59 Å². The number of halogens is 1. The number of nitrogens with zero attached hydrogens (tertiary/aromatic N) is 1. The predicted molar refractivity (Wildman–Crippen MR) is 103 cm³/mol. The molecule has 1 aliphatic heterocycles. The lowest BCUT2D eigenvalue weighted by atomic mass is 9.95. The minimum Gasteiger partial charge on any atom is -0.355 e. The Bertz CT molecular complexity index is 761. The first-order valence-electron chi connectivity index (χ1n) is 8.64. The van der Waals surface area contributed by atoms with Crippen LogP contribution in [-0.2, 0) is 16.0 Å². The topological polar surface area (TPSA) is 49.4 Å². The third-order valence-corrected chi connectivity index (χ3v) is 6.24. The molecule has 25 heavy (non-hydrogen) atoms. The van der Waals surface area contributed by atoms with Crippen LogP contribution in [0, 0.1) is 11.8 Å². The first-order chi connectivity index (χ1) is 12.1. The molecule has 4 nitrogen and oxygen atoms in total. The maximum absolute atomic E-state index is 12.7. The predicted octanol–water partition coefficient (Wildman–Crippen LogP) is 3.28. The summed E-state index contributed by atoms with van der Waals surface area (Å²) in [6.45, 7) is 4.38. The Morgan fingerprint density at radius 2 is 2.12 bits per heavy atom. The van der Waals surface area contributed by atoms with Crippen molar-refractivity contribution >= 4 is 44.8 Å². The van der Waals surface area contributed by atoms with Crippen molar-refractivity contribution in [3.05, 3.63) is 35.2 Å². The highest BCUT2D eigenvalue weighted by Crippen LogP contribution is 2.29. The zero-order chi connectivity index (χ0) is 17.8. The quantitative estimate of drug-likeness (QED) is 0.784. The number of benzene rings is 1. The third-order valence-electron chi connectivity index (χ3n) is 4.98. The fraction of sp³-hybridized carbons (Fsp3) is 0.474. The molecular weight excluding hydrogens is 356 g/mol. The standard InChI is InChI=1S/C19H23ClN2O2S/c1-13-10-22(11-14(13)6-7-21-18(23)9-20)19(24)8-15-12-25-17-5-3-2-4-16(15)17/h2-5,12-14H,6-11H2,1H3,(H,21,23)/t13-,14-/m1/s1. The maximum atomic E-state index is 12.7. The van der Waals surface area contributed by atoms with Crippen LogP contribution in [0.25, 0.3) is 10.1 Å². The smallest absolute Gasteiger partial charge is 0.234 e.